The second kappa shape index (κ2) is 8.00. The second-order valence-corrected chi connectivity index (χ2v) is 7.15. The number of nitrogens with zero attached hydrogens (tertiary/aromatic N) is 2. The van der Waals surface area contributed by atoms with Gasteiger partial charge in [-0.1, -0.05) is 60.7 Å². The Labute approximate surface area is 179 Å². The average molecular weight is 408 g/mol. The van der Waals surface area contributed by atoms with E-state index in [0.717, 1.165) is 33.9 Å². The highest BCUT2D eigenvalue weighted by atomic mass is 19.1. The second-order valence-electron chi connectivity index (χ2n) is 7.15. The van der Waals surface area contributed by atoms with Crippen molar-refractivity contribution in [2.24, 2.45) is 0 Å². The van der Waals surface area contributed by atoms with Crippen LogP contribution in [-0.2, 0) is 0 Å². The molecule has 31 heavy (non-hydrogen) atoms. The van der Waals surface area contributed by atoms with E-state index >= 15 is 0 Å². The molecule has 0 saturated carbocycles. The largest absolute Gasteiger partial charge is 0.291 e. The first-order chi connectivity index (χ1) is 15.2. The maximum Gasteiger partial charge on any atom is 0.269 e. The molecule has 0 N–H and O–H groups in total. The van der Waals surface area contributed by atoms with E-state index in [9.17, 15) is 8.78 Å². The van der Waals surface area contributed by atoms with Crippen molar-refractivity contribution in [3.63, 3.8) is 0 Å². The van der Waals surface area contributed by atoms with E-state index in [-0.39, 0.29) is 11.6 Å². The minimum absolute atomic E-state index is 0.299. The van der Waals surface area contributed by atoms with Gasteiger partial charge in [-0.25, -0.2) is 8.78 Å². The Morgan fingerprint density at radius 3 is 1.68 bits per heavy atom. The highest BCUT2D eigenvalue weighted by Crippen LogP contribution is 2.33. The predicted molar refractivity (Wildman–Crippen MR) is 117 cm³/mol. The summed E-state index contributed by atoms with van der Waals surface area (Å²) in [6.45, 7) is 0. The molecule has 5 aromatic rings. The molecule has 0 unspecified atom stereocenters. The van der Waals surface area contributed by atoms with Crippen LogP contribution in [-0.4, -0.2) is 4.57 Å². The maximum absolute atomic E-state index is 13.6. The summed E-state index contributed by atoms with van der Waals surface area (Å²) >= 11 is 0. The minimum atomic E-state index is -0.299. The van der Waals surface area contributed by atoms with Crippen LogP contribution in [0.15, 0.2) is 109 Å². The molecule has 0 radical (unpaired) electrons. The van der Waals surface area contributed by atoms with E-state index in [4.69, 9.17) is 0 Å². The first-order valence-electron chi connectivity index (χ1n) is 9.93. The molecular weight excluding hydrogens is 390 g/mol. The van der Waals surface area contributed by atoms with E-state index in [1.807, 2.05) is 69.8 Å². The average Bonchev–Trinajstić information content (AvgIpc) is 3.22. The summed E-state index contributed by atoms with van der Waals surface area (Å²) in [7, 11) is 0. The van der Waals surface area contributed by atoms with E-state index < -0.39 is 0 Å². The fourth-order valence-electron chi connectivity index (χ4n) is 3.69. The van der Waals surface area contributed by atoms with Crippen LogP contribution in [0.25, 0.3) is 33.9 Å². The fraction of sp³-hybridized carbons (Fsp3) is 0. The quantitative estimate of drug-likeness (QED) is 0.249. The third kappa shape index (κ3) is 3.64. The molecule has 0 spiro atoms. The number of rotatable bonds is 4. The zero-order chi connectivity index (χ0) is 21.2. The molecule has 0 atom stereocenters. The minimum Gasteiger partial charge on any atom is -0.291 e. The van der Waals surface area contributed by atoms with Gasteiger partial charge in [0.15, 0.2) is 0 Å². The van der Waals surface area contributed by atoms with Crippen molar-refractivity contribution in [2.75, 3.05) is 0 Å². The Morgan fingerprint density at radius 1 is 0.581 bits per heavy atom. The molecule has 1 heterocycles. The van der Waals surface area contributed by atoms with Crippen LogP contribution in [0.4, 0.5) is 8.78 Å². The van der Waals surface area contributed by atoms with Crippen LogP contribution in [0, 0.1) is 18.0 Å². The van der Waals surface area contributed by atoms with Crippen molar-refractivity contribution in [3.05, 3.63) is 127 Å². The number of imidazole rings is 1. The molecule has 4 heteroatoms. The highest BCUT2D eigenvalue weighted by Gasteiger charge is 2.21. The molecule has 0 saturated heterocycles. The number of hydrogen-bond acceptors (Lipinski definition) is 0. The summed E-state index contributed by atoms with van der Waals surface area (Å²) < 4.78 is 31.1. The van der Waals surface area contributed by atoms with Gasteiger partial charge in [0.1, 0.15) is 11.6 Å². The van der Waals surface area contributed by atoms with E-state index in [1.165, 1.54) is 24.3 Å². The summed E-state index contributed by atoms with van der Waals surface area (Å²) in [5.41, 5.74) is 5.34. The van der Waals surface area contributed by atoms with Gasteiger partial charge in [-0.15, -0.1) is 0 Å². The molecule has 0 aliphatic carbocycles. The fourth-order valence-corrected chi connectivity index (χ4v) is 3.69. The van der Waals surface area contributed by atoms with Gasteiger partial charge in [-0.3, -0.25) is 9.13 Å². The van der Waals surface area contributed by atoms with Gasteiger partial charge in [-0.2, -0.15) is 0 Å². The molecule has 0 aliphatic rings. The zero-order valence-electron chi connectivity index (χ0n) is 16.5. The lowest BCUT2D eigenvalue weighted by Gasteiger charge is -2.12. The Balaban J connectivity index is 1.87. The van der Waals surface area contributed by atoms with Gasteiger partial charge in [0, 0.05) is 0 Å². The maximum atomic E-state index is 13.6. The number of halogens is 2. The van der Waals surface area contributed by atoms with E-state index in [1.54, 1.807) is 24.3 Å². The van der Waals surface area contributed by atoms with Crippen LogP contribution >= 0.6 is 0 Å². The van der Waals surface area contributed by atoms with Gasteiger partial charge in [-0.05, 0) is 59.7 Å². The van der Waals surface area contributed by atoms with E-state index in [0.29, 0.717) is 0 Å². The van der Waals surface area contributed by atoms with Crippen LogP contribution in [0.2, 0.25) is 0 Å². The molecule has 0 fully saturated rings. The van der Waals surface area contributed by atoms with Crippen LogP contribution < -0.4 is 4.57 Å². The molecule has 150 valence electrons. The van der Waals surface area contributed by atoms with Gasteiger partial charge >= 0.3 is 0 Å². The molecule has 0 bridgehead atoms. The van der Waals surface area contributed by atoms with Crippen molar-refractivity contribution in [3.8, 4) is 33.9 Å². The highest BCUT2D eigenvalue weighted by molar-refractivity contribution is 5.78. The summed E-state index contributed by atoms with van der Waals surface area (Å²) in [5, 5.41) is 0. The van der Waals surface area contributed by atoms with Crippen LogP contribution in [0.3, 0.4) is 0 Å². The molecule has 4 aromatic carbocycles. The normalized spacial score (nSPS) is 10.9. The Kier molecular flexibility index (Phi) is 4.89. The standard InChI is InChI=1S/C27H18F2N2/c28-22-11-15-24(16-12-22)30-19-31(25-17-13-23(29)14-18-25)27(21-9-5-2-6-10-21)26(30)20-7-3-1-4-8-20/h1-18H. The molecule has 2 nitrogen and oxygen atoms in total. The monoisotopic (exact) mass is 408 g/mol. The van der Waals surface area contributed by atoms with Gasteiger partial charge in [0.05, 0.1) is 22.8 Å². The van der Waals surface area contributed by atoms with Crippen LogP contribution in [0.1, 0.15) is 0 Å². The SMILES string of the molecule is Fc1ccc(-n2[c-][n+](-c3ccc(F)cc3)c(-c3ccccc3)c2-c2ccccc2)cc1. The summed E-state index contributed by atoms with van der Waals surface area (Å²) in [4.78, 5) is 0. The van der Waals surface area contributed by atoms with Crippen molar-refractivity contribution in [1.82, 2.24) is 4.57 Å². The first-order valence-corrected chi connectivity index (χ1v) is 9.93. The van der Waals surface area contributed by atoms with E-state index in [2.05, 4.69) is 6.33 Å². The first kappa shape index (κ1) is 18.9. The van der Waals surface area contributed by atoms with Gasteiger partial charge in [0.2, 0.25) is 0 Å². The Bertz CT molecular complexity index is 1200. The van der Waals surface area contributed by atoms with Crippen molar-refractivity contribution < 1.29 is 13.3 Å². The Hall–Kier alpha value is -4.05. The lowest BCUT2D eigenvalue weighted by Crippen LogP contribution is -2.31. The summed E-state index contributed by atoms with van der Waals surface area (Å²) in [6, 6.07) is 32.6. The Morgan fingerprint density at radius 2 is 1.10 bits per heavy atom. The van der Waals surface area contributed by atoms with Gasteiger partial charge < -0.3 is 0 Å². The summed E-state index contributed by atoms with van der Waals surface area (Å²) in [5.74, 6) is -0.598. The molecule has 0 aliphatic heterocycles. The lowest BCUT2D eigenvalue weighted by molar-refractivity contribution is -0.587. The lowest BCUT2D eigenvalue weighted by atomic mass is 10.0. The van der Waals surface area contributed by atoms with Crippen molar-refractivity contribution in [1.29, 1.82) is 0 Å². The number of benzene rings is 4. The van der Waals surface area contributed by atoms with Crippen molar-refractivity contribution >= 4 is 0 Å². The third-order valence-electron chi connectivity index (χ3n) is 5.14. The summed E-state index contributed by atoms with van der Waals surface area (Å²) in [6.07, 6.45) is 3.41. The molecular formula is C27H18F2N2. The smallest absolute Gasteiger partial charge is 0.269 e. The zero-order valence-corrected chi connectivity index (χ0v) is 16.5. The third-order valence-corrected chi connectivity index (χ3v) is 5.14. The topological polar surface area (TPSA) is 8.81 Å². The molecule has 5 rings (SSSR count). The van der Waals surface area contributed by atoms with Crippen LogP contribution in [0.5, 0.6) is 0 Å². The van der Waals surface area contributed by atoms with Gasteiger partial charge in [0.25, 0.3) is 6.33 Å². The van der Waals surface area contributed by atoms with Crippen molar-refractivity contribution in [2.45, 2.75) is 0 Å². The number of hydrogen-bond donors (Lipinski definition) is 0. The number of aromatic nitrogens is 2. The molecule has 1 aromatic heterocycles. The molecule has 0 amide bonds. The predicted octanol–water partition coefficient (Wildman–Crippen LogP) is 6.17.